The fourth-order valence-corrected chi connectivity index (χ4v) is 2.68. The third-order valence-corrected chi connectivity index (χ3v) is 3.94. The first-order chi connectivity index (χ1) is 9.22. The highest BCUT2D eigenvalue weighted by Crippen LogP contribution is 2.23. The van der Waals surface area contributed by atoms with E-state index in [9.17, 15) is 4.39 Å². The molecule has 0 spiro atoms. The fraction of sp³-hybridized carbons (Fsp3) is 0.600. The molecule has 1 aromatic carbocycles. The van der Waals surface area contributed by atoms with Crippen LogP contribution in [0, 0.1) is 5.82 Å². The molecule has 3 nitrogen and oxygen atoms in total. The van der Waals surface area contributed by atoms with Crippen LogP contribution in [0.15, 0.2) is 24.3 Å². The minimum atomic E-state index is -0.113. The Morgan fingerprint density at radius 2 is 1.89 bits per heavy atom. The molecule has 0 aliphatic carbocycles. The van der Waals surface area contributed by atoms with Gasteiger partial charge in [0.25, 0.3) is 0 Å². The Morgan fingerprint density at radius 1 is 1.21 bits per heavy atom. The predicted octanol–water partition coefficient (Wildman–Crippen LogP) is 1.89. The molecule has 0 amide bonds. The lowest BCUT2D eigenvalue weighted by Gasteiger charge is -2.38. The molecule has 0 saturated carbocycles. The van der Waals surface area contributed by atoms with Gasteiger partial charge in [-0.1, -0.05) is 18.2 Å². The van der Waals surface area contributed by atoms with Crippen molar-refractivity contribution in [2.45, 2.75) is 19.4 Å². The number of hydrogen-bond donors (Lipinski definition) is 1. The molecule has 1 atom stereocenters. The molecule has 0 unspecified atom stereocenters. The molecule has 1 N–H and O–H groups in total. The molecule has 2 rings (SSSR count). The summed E-state index contributed by atoms with van der Waals surface area (Å²) in [6.07, 6.45) is 0.836. The van der Waals surface area contributed by atoms with Crippen molar-refractivity contribution >= 4 is 0 Å². The Morgan fingerprint density at radius 3 is 2.53 bits per heavy atom. The van der Waals surface area contributed by atoms with Gasteiger partial charge in [0, 0.05) is 50.9 Å². The van der Waals surface area contributed by atoms with Crippen molar-refractivity contribution in [2.75, 3.05) is 39.3 Å². The van der Waals surface area contributed by atoms with Crippen LogP contribution in [0.25, 0.3) is 0 Å². The van der Waals surface area contributed by atoms with Crippen LogP contribution in [0.1, 0.15) is 24.9 Å². The molecule has 1 fully saturated rings. The molecule has 1 aromatic rings. The molecule has 1 saturated heterocycles. The summed E-state index contributed by atoms with van der Waals surface area (Å²) in [7, 11) is 0. The second-order valence-corrected chi connectivity index (χ2v) is 5.15. The number of halogens is 1. The molecule has 106 valence electrons. The Labute approximate surface area is 114 Å². The van der Waals surface area contributed by atoms with Gasteiger partial charge in [0.2, 0.25) is 0 Å². The Hall–Kier alpha value is -0.970. The quantitative estimate of drug-likeness (QED) is 0.881. The first-order valence-corrected chi connectivity index (χ1v) is 7.04. The van der Waals surface area contributed by atoms with Crippen molar-refractivity contribution in [3.8, 4) is 0 Å². The third-order valence-electron chi connectivity index (χ3n) is 3.94. The van der Waals surface area contributed by atoms with Gasteiger partial charge in [-0.15, -0.1) is 0 Å². The molecule has 0 bridgehead atoms. The van der Waals surface area contributed by atoms with Crippen LogP contribution in [-0.4, -0.2) is 54.2 Å². The number of piperazine rings is 1. The van der Waals surface area contributed by atoms with Gasteiger partial charge in [0.1, 0.15) is 5.82 Å². The number of hydrogen-bond acceptors (Lipinski definition) is 3. The number of rotatable bonds is 5. The maximum atomic E-state index is 13.8. The average Bonchev–Trinajstić information content (AvgIpc) is 2.45. The van der Waals surface area contributed by atoms with Gasteiger partial charge in [-0.05, 0) is 19.4 Å². The van der Waals surface area contributed by atoms with Gasteiger partial charge in [-0.25, -0.2) is 4.39 Å². The largest absolute Gasteiger partial charge is 0.396 e. The molecular weight excluding hydrogens is 243 g/mol. The Bertz CT molecular complexity index is 391. The topological polar surface area (TPSA) is 26.7 Å². The van der Waals surface area contributed by atoms with Crippen LogP contribution >= 0.6 is 0 Å². The first kappa shape index (κ1) is 14.4. The lowest BCUT2D eigenvalue weighted by atomic mass is 10.1. The van der Waals surface area contributed by atoms with Crippen LogP contribution < -0.4 is 0 Å². The predicted molar refractivity (Wildman–Crippen MR) is 74.5 cm³/mol. The lowest BCUT2D eigenvalue weighted by Crippen LogP contribution is -2.47. The number of aliphatic hydroxyl groups excluding tert-OH is 1. The second kappa shape index (κ2) is 6.98. The lowest BCUT2D eigenvalue weighted by molar-refractivity contribution is 0.0959. The van der Waals surface area contributed by atoms with E-state index in [-0.39, 0.29) is 18.5 Å². The number of benzene rings is 1. The summed E-state index contributed by atoms with van der Waals surface area (Å²) in [4.78, 5) is 4.69. The maximum Gasteiger partial charge on any atom is 0.127 e. The van der Waals surface area contributed by atoms with Gasteiger partial charge in [-0.2, -0.15) is 0 Å². The third kappa shape index (κ3) is 3.75. The van der Waals surface area contributed by atoms with Crippen molar-refractivity contribution in [1.82, 2.24) is 9.80 Å². The minimum absolute atomic E-state index is 0.113. The summed E-state index contributed by atoms with van der Waals surface area (Å²) < 4.78 is 13.8. The van der Waals surface area contributed by atoms with Crippen LogP contribution in [0.4, 0.5) is 4.39 Å². The van der Waals surface area contributed by atoms with Crippen molar-refractivity contribution in [3.63, 3.8) is 0 Å². The molecular formula is C15H23FN2O. The highest BCUT2D eigenvalue weighted by molar-refractivity contribution is 5.20. The van der Waals surface area contributed by atoms with Crippen molar-refractivity contribution in [1.29, 1.82) is 0 Å². The van der Waals surface area contributed by atoms with E-state index in [1.807, 2.05) is 12.1 Å². The fourth-order valence-electron chi connectivity index (χ4n) is 2.68. The molecule has 1 heterocycles. The Balaban J connectivity index is 1.89. The zero-order valence-corrected chi connectivity index (χ0v) is 11.6. The standard InChI is InChI=1S/C15H23FN2O/c1-13(14-5-2-3-6-15(14)16)18-10-8-17(9-11-18)7-4-12-19/h2-3,5-6,13,19H,4,7-12H2,1H3/t13-/m1/s1. The van der Waals surface area contributed by atoms with Crippen molar-refractivity contribution in [2.24, 2.45) is 0 Å². The second-order valence-electron chi connectivity index (χ2n) is 5.15. The average molecular weight is 266 g/mol. The zero-order valence-electron chi connectivity index (χ0n) is 11.6. The summed E-state index contributed by atoms with van der Waals surface area (Å²) in [5, 5.41) is 8.84. The molecule has 4 heteroatoms. The summed E-state index contributed by atoms with van der Waals surface area (Å²) in [5.41, 5.74) is 0.784. The highest BCUT2D eigenvalue weighted by atomic mass is 19.1. The van der Waals surface area contributed by atoms with Gasteiger partial charge in [0.15, 0.2) is 0 Å². The normalized spacial score (nSPS) is 19.5. The molecule has 1 aliphatic heterocycles. The summed E-state index contributed by atoms with van der Waals surface area (Å²) in [6.45, 7) is 7.20. The Kier molecular flexibility index (Phi) is 5.31. The molecule has 19 heavy (non-hydrogen) atoms. The summed E-state index contributed by atoms with van der Waals surface area (Å²) in [5.74, 6) is -0.113. The van der Waals surface area contributed by atoms with E-state index < -0.39 is 0 Å². The van der Waals surface area contributed by atoms with E-state index in [4.69, 9.17) is 5.11 Å². The van der Waals surface area contributed by atoms with E-state index >= 15 is 0 Å². The smallest absolute Gasteiger partial charge is 0.127 e. The number of aliphatic hydroxyl groups is 1. The molecule has 1 aliphatic rings. The van der Waals surface area contributed by atoms with Gasteiger partial charge in [-0.3, -0.25) is 4.90 Å². The van der Waals surface area contributed by atoms with Crippen molar-refractivity contribution < 1.29 is 9.50 Å². The van der Waals surface area contributed by atoms with E-state index in [1.165, 1.54) is 6.07 Å². The molecule has 0 radical (unpaired) electrons. The summed E-state index contributed by atoms with van der Waals surface area (Å²) in [6, 6.07) is 7.16. The van der Waals surface area contributed by atoms with Gasteiger partial charge < -0.3 is 10.0 Å². The first-order valence-electron chi connectivity index (χ1n) is 7.04. The monoisotopic (exact) mass is 266 g/mol. The van der Waals surface area contributed by atoms with Crippen LogP contribution in [0.2, 0.25) is 0 Å². The molecule has 0 aromatic heterocycles. The minimum Gasteiger partial charge on any atom is -0.396 e. The van der Waals surface area contributed by atoms with Gasteiger partial charge in [0.05, 0.1) is 0 Å². The zero-order chi connectivity index (χ0) is 13.7. The highest BCUT2D eigenvalue weighted by Gasteiger charge is 2.23. The summed E-state index contributed by atoms with van der Waals surface area (Å²) >= 11 is 0. The van der Waals surface area contributed by atoms with Crippen LogP contribution in [-0.2, 0) is 0 Å². The van der Waals surface area contributed by atoms with Crippen LogP contribution in [0.5, 0.6) is 0 Å². The van der Waals surface area contributed by atoms with E-state index in [0.717, 1.165) is 44.7 Å². The maximum absolute atomic E-state index is 13.8. The number of nitrogens with zero attached hydrogens (tertiary/aromatic N) is 2. The van der Waals surface area contributed by atoms with E-state index in [1.54, 1.807) is 6.07 Å². The van der Waals surface area contributed by atoms with E-state index in [0.29, 0.717) is 0 Å². The van der Waals surface area contributed by atoms with Crippen molar-refractivity contribution in [3.05, 3.63) is 35.6 Å². The van der Waals surface area contributed by atoms with Gasteiger partial charge >= 0.3 is 0 Å². The van der Waals surface area contributed by atoms with Crippen LogP contribution in [0.3, 0.4) is 0 Å². The SMILES string of the molecule is C[C@H](c1ccccc1F)N1CCN(CCCO)CC1. The van der Waals surface area contributed by atoms with E-state index in [2.05, 4.69) is 16.7 Å².